The Morgan fingerprint density at radius 1 is 1.31 bits per heavy atom. The van der Waals surface area contributed by atoms with Gasteiger partial charge in [-0.2, -0.15) is 0 Å². The quantitative estimate of drug-likeness (QED) is 0.802. The number of rotatable bonds is 5. The van der Waals surface area contributed by atoms with Crippen LogP contribution >= 0.6 is 0 Å². The van der Waals surface area contributed by atoms with Gasteiger partial charge in [0, 0.05) is 24.8 Å². The third-order valence-electron chi connectivity index (χ3n) is 2.76. The molecule has 0 amide bonds. The second kappa shape index (κ2) is 5.14. The molecule has 0 aliphatic rings. The van der Waals surface area contributed by atoms with Crippen LogP contribution in [-0.4, -0.2) is 22.8 Å². The van der Waals surface area contributed by atoms with Gasteiger partial charge in [0.25, 0.3) is 0 Å². The van der Waals surface area contributed by atoms with Gasteiger partial charge >= 0.3 is 0 Å². The van der Waals surface area contributed by atoms with Crippen LogP contribution in [0.1, 0.15) is 12.5 Å². The molecule has 0 aliphatic carbocycles. The van der Waals surface area contributed by atoms with Crippen molar-refractivity contribution in [2.24, 2.45) is 0 Å². The number of aromatic nitrogens is 1. The van der Waals surface area contributed by atoms with Gasteiger partial charge in [-0.05, 0) is 29.6 Å². The van der Waals surface area contributed by atoms with Crippen LogP contribution in [0.2, 0.25) is 0 Å². The molecule has 1 aromatic heterocycles. The van der Waals surface area contributed by atoms with Crippen molar-refractivity contribution in [2.45, 2.75) is 20.0 Å². The molecular formula is C13H18N2O. The van der Waals surface area contributed by atoms with Crippen LogP contribution in [0.15, 0.2) is 30.5 Å². The first-order valence-corrected chi connectivity index (χ1v) is 5.74. The molecule has 0 radical (unpaired) electrons. The Kier molecular flexibility index (Phi) is 3.59. The fourth-order valence-corrected chi connectivity index (χ4v) is 1.91. The molecule has 0 aliphatic heterocycles. The van der Waals surface area contributed by atoms with Crippen LogP contribution in [0.5, 0.6) is 0 Å². The number of aliphatic hydroxyl groups excluding tert-OH is 1. The molecule has 86 valence electrons. The SMILES string of the molecule is CCNCc1ccc2ccn(CCO)c2c1. The summed E-state index contributed by atoms with van der Waals surface area (Å²) in [6.45, 7) is 4.83. The second-order valence-corrected chi connectivity index (χ2v) is 3.91. The molecule has 3 heteroatoms. The van der Waals surface area contributed by atoms with Crippen molar-refractivity contribution in [2.75, 3.05) is 13.2 Å². The van der Waals surface area contributed by atoms with Crippen molar-refractivity contribution in [1.29, 1.82) is 0 Å². The van der Waals surface area contributed by atoms with Crippen molar-refractivity contribution in [3.63, 3.8) is 0 Å². The molecule has 3 nitrogen and oxygen atoms in total. The summed E-state index contributed by atoms with van der Waals surface area (Å²) in [6.07, 6.45) is 2.03. The Labute approximate surface area is 95.7 Å². The summed E-state index contributed by atoms with van der Waals surface area (Å²) in [4.78, 5) is 0. The van der Waals surface area contributed by atoms with E-state index in [-0.39, 0.29) is 6.61 Å². The molecule has 0 fully saturated rings. The number of aliphatic hydroxyl groups is 1. The third-order valence-corrected chi connectivity index (χ3v) is 2.76. The summed E-state index contributed by atoms with van der Waals surface area (Å²) >= 11 is 0. The molecule has 0 atom stereocenters. The van der Waals surface area contributed by atoms with E-state index in [2.05, 4.69) is 41.1 Å². The fourth-order valence-electron chi connectivity index (χ4n) is 1.91. The molecule has 0 saturated heterocycles. The van der Waals surface area contributed by atoms with Gasteiger partial charge < -0.3 is 15.0 Å². The van der Waals surface area contributed by atoms with E-state index in [9.17, 15) is 0 Å². The molecule has 16 heavy (non-hydrogen) atoms. The lowest BCUT2D eigenvalue weighted by atomic mass is 10.1. The Morgan fingerprint density at radius 3 is 2.94 bits per heavy atom. The second-order valence-electron chi connectivity index (χ2n) is 3.91. The van der Waals surface area contributed by atoms with Crippen molar-refractivity contribution >= 4 is 10.9 Å². The predicted octanol–water partition coefficient (Wildman–Crippen LogP) is 1.74. The molecule has 2 rings (SSSR count). The van der Waals surface area contributed by atoms with Crippen molar-refractivity contribution in [3.8, 4) is 0 Å². The predicted molar refractivity (Wildman–Crippen MR) is 66.4 cm³/mol. The highest BCUT2D eigenvalue weighted by atomic mass is 16.3. The van der Waals surface area contributed by atoms with E-state index in [1.54, 1.807) is 0 Å². The minimum Gasteiger partial charge on any atom is -0.395 e. The van der Waals surface area contributed by atoms with Gasteiger partial charge in [0.05, 0.1) is 6.61 Å². The van der Waals surface area contributed by atoms with Gasteiger partial charge in [-0.15, -0.1) is 0 Å². The van der Waals surface area contributed by atoms with Gasteiger partial charge in [-0.1, -0.05) is 19.1 Å². The summed E-state index contributed by atoms with van der Waals surface area (Å²) < 4.78 is 2.09. The molecular weight excluding hydrogens is 200 g/mol. The first-order chi connectivity index (χ1) is 7.85. The zero-order valence-corrected chi connectivity index (χ0v) is 9.61. The van der Waals surface area contributed by atoms with Crippen molar-refractivity contribution < 1.29 is 5.11 Å². The van der Waals surface area contributed by atoms with E-state index < -0.39 is 0 Å². The number of benzene rings is 1. The standard InChI is InChI=1S/C13H18N2O/c1-2-14-10-11-3-4-12-5-6-15(7-8-16)13(12)9-11/h3-6,9,14,16H,2,7-8,10H2,1H3. The van der Waals surface area contributed by atoms with Crippen molar-refractivity contribution in [3.05, 3.63) is 36.0 Å². The van der Waals surface area contributed by atoms with Gasteiger partial charge in [-0.25, -0.2) is 0 Å². The number of nitrogens with one attached hydrogen (secondary N) is 1. The van der Waals surface area contributed by atoms with E-state index in [0.717, 1.165) is 13.1 Å². The third kappa shape index (κ3) is 2.26. The maximum absolute atomic E-state index is 8.98. The minimum atomic E-state index is 0.182. The maximum Gasteiger partial charge on any atom is 0.0610 e. The van der Waals surface area contributed by atoms with Crippen LogP contribution < -0.4 is 5.32 Å². The van der Waals surface area contributed by atoms with Gasteiger partial charge in [-0.3, -0.25) is 0 Å². The number of fused-ring (bicyclic) bond motifs is 1. The van der Waals surface area contributed by atoms with E-state index in [0.29, 0.717) is 6.54 Å². The average Bonchev–Trinajstić information content (AvgIpc) is 2.70. The molecule has 0 bridgehead atoms. The van der Waals surface area contributed by atoms with Gasteiger partial charge in [0.15, 0.2) is 0 Å². The Hall–Kier alpha value is -1.32. The van der Waals surface area contributed by atoms with E-state index in [1.807, 2.05) is 6.20 Å². The molecule has 1 aromatic carbocycles. The van der Waals surface area contributed by atoms with Gasteiger partial charge in [0.1, 0.15) is 0 Å². The summed E-state index contributed by atoms with van der Waals surface area (Å²) in [5, 5.41) is 13.5. The molecule has 0 saturated carbocycles. The highest BCUT2D eigenvalue weighted by Crippen LogP contribution is 2.17. The number of hydrogen-bond acceptors (Lipinski definition) is 2. The highest BCUT2D eigenvalue weighted by molar-refractivity contribution is 5.80. The summed E-state index contributed by atoms with van der Waals surface area (Å²) in [6, 6.07) is 8.56. The van der Waals surface area contributed by atoms with Crippen LogP contribution in [0.3, 0.4) is 0 Å². The van der Waals surface area contributed by atoms with E-state index in [4.69, 9.17) is 5.11 Å². The molecule has 0 spiro atoms. The topological polar surface area (TPSA) is 37.2 Å². The van der Waals surface area contributed by atoms with Gasteiger partial charge in [0.2, 0.25) is 0 Å². The number of nitrogens with zero attached hydrogens (tertiary/aromatic N) is 1. The lowest BCUT2D eigenvalue weighted by Gasteiger charge is -2.05. The fraction of sp³-hybridized carbons (Fsp3) is 0.385. The van der Waals surface area contributed by atoms with Crippen LogP contribution in [-0.2, 0) is 13.1 Å². The zero-order valence-electron chi connectivity index (χ0n) is 9.61. The largest absolute Gasteiger partial charge is 0.395 e. The molecule has 2 N–H and O–H groups in total. The highest BCUT2D eigenvalue weighted by Gasteiger charge is 2.01. The monoisotopic (exact) mass is 218 g/mol. The van der Waals surface area contributed by atoms with Crippen LogP contribution in [0.25, 0.3) is 10.9 Å². The Balaban J connectivity index is 2.30. The maximum atomic E-state index is 8.98. The van der Waals surface area contributed by atoms with Crippen LogP contribution in [0, 0.1) is 0 Å². The lowest BCUT2D eigenvalue weighted by molar-refractivity contribution is 0.278. The Bertz CT molecular complexity index is 462. The van der Waals surface area contributed by atoms with Crippen molar-refractivity contribution in [1.82, 2.24) is 9.88 Å². The summed E-state index contributed by atoms with van der Waals surface area (Å²) in [7, 11) is 0. The summed E-state index contributed by atoms with van der Waals surface area (Å²) in [5.41, 5.74) is 2.48. The summed E-state index contributed by atoms with van der Waals surface area (Å²) in [5.74, 6) is 0. The first kappa shape index (κ1) is 11.2. The molecule has 2 aromatic rings. The molecule has 0 unspecified atom stereocenters. The smallest absolute Gasteiger partial charge is 0.0610 e. The first-order valence-electron chi connectivity index (χ1n) is 5.74. The normalized spacial score (nSPS) is 11.1. The average molecular weight is 218 g/mol. The number of hydrogen-bond donors (Lipinski definition) is 2. The minimum absolute atomic E-state index is 0.182. The molecule has 1 heterocycles. The Morgan fingerprint density at radius 2 is 2.19 bits per heavy atom. The zero-order chi connectivity index (χ0) is 11.4. The van der Waals surface area contributed by atoms with E-state index in [1.165, 1.54) is 16.5 Å². The van der Waals surface area contributed by atoms with Crippen LogP contribution in [0.4, 0.5) is 0 Å². The van der Waals surface area contributed by atoms with E-state index >= 15 is 0 Å². The lowest BCUT2D eigenvalue weighted by Crippen LogP contribution is -2.11.